The van der Waals surface area contributed by atoms with Gasteiger partial charge in [-0.15, -0.1) is 0 Å². The molecule has 1 saturated carbocycles. The fourth-order valence-electron chi connectivity index (χ4n) is 4.22. The van der Waals surface area contributed by atoms with Crippen molar-refractivity contribution < 1.29 is 9.53 Å². The Morgan fingerprint density at radius 2 is 2.36 bits per heavy atom. The highest BCUT2D eigenvalue weighted by atomic mass is 16.5. The van der Waals surface area contributed by atoms with Crippen molar-refractivity contribution in [2.24, 2.45) is 5.41 Å². The molecule has 1 aliphatic carbocycles. The van der Waals surface area contributed by atoms with Crippen LogP contribution in [0.3, 0.4) is 0 Å². The number of carbonyl (C=O) groups is 1. The number of likely N-dealkylation sites (tertiary alicyclic amines) is 1. The highest BCUT2D eigenvalue weighted by Crippen LogP contribution is 2.47. The lowest BCUT2D eigenvalue weighted by atomic mass is 9.71. The number of ether oxygens (including phenoxy) is 1. The molecule has 2 heterocycles. The number of amides is 1. The summed E-state index contributed by atoms with van der Waals surface area (Å²) in [6.45, 7) is 3.24. The first-order valence-electron chi connectivity index (χ1n) is 8.33. The Morgan fingerprint density at radius 3 is 3.09 bits per heavy atom. The van der Waals surface area contributed by atoms with Gasteiger partial charge in [-0.05, 0) is 49.1 Å². The van der Waals surface area contributed by atoms with Crippen LogP contribution in [0.4, 0.5) is 0 Å². The first-order chi connectivity index (χ1) is 10.6. The van der Waals surface area contributed by atoms with Crippen molar-refractivity contribution in [3.8, 4) is 0 Å². The summed E-state index contributed by atoms with van der Waals surface area (Å²) in [5.41, 5.74) is 1.38. The summed E-state index contributed by atoms with van der Waals surface area (Å²) < 4.78 is 5.56. The molecule has 1 aromatic rings. The fourth-order valence-corrected chi connectivity index (χ4v) is 4.22. The minimum absolute atomic E-state index is 0.239. The number of rotatable bonds is 4. The first kappa shape index (κ1) is 15.5. The third-order valence-electron chi connectivity index (χ3n) is 5.56. The highest BCUT2D eigenvalue weighted by Gasteiger charge is 2.48. The molecule has 3 rings (SSSR count). The zero-order valence-corrected chi connectivity index (χ0v) is 13.6. The summed E-state index contributed by atoms with van der Waals surface area (Å²) in [7, 11) is 1.81. The van der Waals surface area contributed by atoms with Crippen LogP contribution in [0.25, 0.3) is 0 Å². The molecule has 3 atom stereocenters. The van der Waals surface area contributed by atoms with Crippen LogP contribution >= 0.6 is 0 Å². The summed E-state index contributed by atoms with van der Waals surface area (Å²) in [5.74, 6) is 0.299. The van der Waals surface area contributed by atoms with Gasteiger partial charge in [0.25, 0.3) is 0 Å². The molecule has 2 aliphatic rings. The van der Waals surface area contributed by atoms with Gasteiger partial charge < -0.3 is 9.64 Å². The number of hydrogen-bond acceptors (Lipinski definition) is 3. The molecule has 22 heavy (non-hydrogen) atoms. The van der Waals surface area contributed by atoms with Gasteiger partial charge in [0, 0.05) is 38.5 Å². The second-order valence-electron chi connectivity index (χ2n) is 7.01. The largest absolute Gasteiger partial charge is 0.381 e. The van der Waals surface area contributed by atoms with E-state index in [1.165, 1.54) is 0 Å². The van der Waals surface area contributed by atoms with Gasteiger partial charge in [-0.1, -0.05) is 13.0 Å². The summed E-state index contributed by atoms with van der Waals surface area (Å²) in [6, 6.07) is 4.37. The van der Waals surface area contributed by atoms with Gasteiger partial charge in [0.1, 0.15) is 0 Å². The standard InChI is InChI=1S/C18H26N2O2/c1-18-9-11-20(16(18)7-6-15(12-18)22-2)17(21)8-5-14-4-3-10-19-13-14/h3-4,10,13,15-16H,5-9,11-12H2,1-2H3/t15-,16-,18+/m1/s1. The maximum atomic E-state index is 12.6. The Hall–Kier alpha value is -1.42. The van der Waals surface area contributed by atoms with Gasteiger partial charge in [0.05, 0.1) is 6.10 Å². The number of hydrogen-bond donors (Lipinski definition) is 0. The van der Waals surface area contributed by atoms with Crippen molar-refractivity contribution >= 4 is 5.91 Å². The van der Waals surface area contributed by atoms with Crippen molar-refractivity contribution in [3.63, 3.8) is 0 Å². The third kappa shape index (κ3) is 3.02. The van der Waals surface area contributed by atoms with Gasteiger partial charge in [0.15, 0.2) is 0 Å². The smallest absolute Gasteiger partial charge is 0.223 e. The SMILES string of the molecule is CO[C@@H]1CC[C@H]2N(C(=O)CCc3cccnc3)CC[C@@]2(C)C1. The van der Waals surface area contributed by atoms with Crippen molar-refractivity contribution in [1.82, 2.24) is 9.88 Å². The van der Waals surface area contributed by atoms with Gasteiger partial charge in [-0.2, -0.15) is 0 Å². The fraction of sp³-hybridized carbons (Fsp3) is 0.667. The molecule has 0 radical (unpaired) electrons. The Morgan fingerprint density at radius 1 is 1.50 bits per heavy atom. The molecule has 1 amide bonds. The van der Waals surface area contributed by atoms with Gasteiger partial charge >= 0.3 is 0 Å². The monoisotopic (exact) mass is 302 g/mol. The van der Waals surface area contributed by atoms with Crippen molar-refractivity contribution in [2.45, 2.75) is 57.6 Å². The Bertz CT molecular complexity index is 519. The lowest BCUT2D eigenvalue weighted by molar-refractivity contribution is -0.134. The topological polar surface area (TPSA) is 42.4 Å². The average molecular weight is 302 g/mol. The second-order valence-corrected chi connectivity index (χ2v) is 7.01. The molecule has 0 bridgehead atoms. The summed E-state index contributed by atoms with van der Waals surface area (Å²) in [4.78, 5) is 18.9. The number of methoxy groups -OCH3 is 1. The molecule has 0 N–H and O–H groups in total. The van der Waals surface area contributed by atoms with E-state index in [0.717, 1.165) is 44.2 Å². The lowest BCUT2D eigenvalue weighted by Crippen LogP contribution is -2.46. The van der Waals surface area contributed by atoms with E-state index < -0.39 is 0 Å². The number of fused-ring (bicyclic) bond motifs is 1. The molecule has 1 aliphatic heterocycles. The predicted octanol–water partition coefficient (Wildman–Crippen LogP) is 2.82. The van der Waals surface area contributed by atoms with Gasteiger partial charge in [-0.25, -0.2) is 0 Å². The van der Waals surface area contributed by atoms with E-state index in [4.69, 9.17) is 4.74 Å². The minimum atomic E-state index is 0.239. The normalized spacial score (nSPS) is 31.1. The Balaban J connectivity index is 1.60. The Labute approximate surface area is 132 Å². The molecule has 4 nitrogen and oxygen atoms in total. The second kappa shape index (κ2) is 6.37. The zero-order chi connectivity index (χ0) is 15.6. The molecular formula is C18H26N2O2. The van der Waals surface area contributed by atoms with E-state index in [2.05, 4.69) is 16.8 Å². The maximum Gasteiger partial charge on any atom is 0.223 e. The molecule has 0 spiro atoms. The third-order valence-corrected chi connectivity index (χ3v) is 5.56. The van der Waals surface area contributed by atoms with Gasteiger partial charge in [0.2, 0.25) is 5.91 Å². The van der Waals surface area contributed by atoms with E-state index >= 15 is 0 Å². The summed E-state index contributed by atoms with van der Waals surface area (Å²) in [5, 5.41) is 0. The molecule has 1 aromatic heterocycles. The molecule has 1 saturated heterocycles. The maximum absolute atomic E-state index is 12.6. The van der Waals surface area contributed by atoms with Crippen LogP contribution in [0.1, 0.15) is 44.6 Å². The number of pyridine rings is 1. The van der Waals surface area contributed by atoms with Crippen LogP contribution in [0.5, 0.6) is 0 Å². The van der Waals surface area contributed by atoms with Crippen molar-refractivity contribution in [3.05, 3.63) is 30.1 Å². The highest BCUT2D eigenvalue weighted by molar-refractivity contribution is 5.77. The van der Waals surface area contributed by atoms with E-state index in [-0.39, 0.29) is 5.41 Å². The minimum Gasteiger partial charge on any atom is -0.381 e. The molecule has 2 fully saturated rings. The number of carbonyl (C=O) groups excluding carboxylic acids is 1. The molecule has 4 heteroatoms. The number of aromatic nitrogens is 1. The van der Waals surface area contributed by atoms with Crippen LogP contribution in [0, 0.1) is 5.41 Å². The van der Waals surface area contributed by atoms with E-state index in [1.54, 1.807) is 13.3 Å². The zero-order valence-electron chi connectivity index (χ0n) is 13.6. The summed E-state index contributed by atoms with van der Waals surface area (Å²) in [6.07, 6.45) is 9.70. The van der Waals surface area contributed by atoms with Crippen LogP contribution < -0.4 is 0 Å². The van der Waals surface area contributed by atoms with Gasteiger partial charge in [-0.3, -0.25) is 9.78 Å². The lowest BCUT2D eigenvalue weighted by Gasteiger charge is -2.42. The van der Waals surface area contributed by atoms with E-state index in [9.17, 15) is 4.79 Å². The predicted molar refractivity (Wildman–Crippen MR) is 85.4 cm³/mol. The van der Waals surface area contributed by atoms with Crippen molar-refractivity contribution in [1.29, 1.82) is 0 Å². The quantitative estimate of drug-likeness (QED) is 0.859. The Kier molecular flexibility index (Phi) is 4.48. The van der Waals surface area contributed by atoms with Crippen LogP contribution in [0.2, 0.25) is 0 Å². The number of nitrogens with zero attached hydrogens (tertiary/aromatic N) is 2. The van der Waals surface area contributed by atoms with E-state index in [0.29, 0.717) is 24.5 Å². The van der Waals surface area contributed by atoms with Crippen LogP contribution in [-0.2, 0) is 16.0 Å². The molecule has 0 aromatic carbocycles. The summed E-state index contributed by atoms with van der Waals surface area (Å²) >= 11 is 0. The molecule has 120 valence electrons. The average Bonchev–Trinajstić information content (AvgIpc) is 2.90. The molecular weight excluding hydrogens is 276 g/mol. The van der Waals surface area contributed by atoms with Crippen molar-refractivity contribution in [2.75, 3.05) is 13.7 Å². The first-order valence-corrected chi connectivity index (χ1v) is 8.33. The molecule has 0 unspecified atom stereocenters. The van der Waals surface area contributed by atoms with Crippen LogP contribution in [0.15, 0.2) is 24.5 Å². The van der Waals surface area contributed by atoms with Crippen LogP contribution in [-0.4, -0.2) is 41.6 Å². The van der Waals surface area contributed by atoms with E-state index in [1.807, 2.05) is 18.3 Å². The number of aryl methyl sites for hydroxylation is 1.